The van der Waals surface area contributed by atoms with Crippen molar-refractivity contribution in [2.75, 3.05) is 5.32 Å². The third-order valence-corrected chi connectivity index (χ3v) is 6.41. The molecule has 2 aliphatic rings. The topological polar surface area (TPSA) is 105 Å². The van der Waals surface area contributed by atoms with Gasteiger partial charge in [0.2, 0.25) is 5.91 Å². The van der Waals surface area contributed by atoms with Gasteiger partial charge in [0.25, 0.3) is 5.91 Å². The van der Waals surface area contributed by atoms with Gasteiger partial charge in [-0.05, 0) is 76.5 Å². The van der Waals surface area contributed by atoms with E-state index in [1.54, 1.807) is 6.92 Å². The number of amides is 2. The molecule has 0 bridgehead atoms. The van der Waals surface area contributed by atoms with Crippen molar-refractivity contribution in [1.82, 2.24) is 5.32 Å². The van der Waals surface area contributed by atoms with Crippen molar-refractivity contribution in [3.63, 3.8) is 0 Å². The van der Waals surface area contributed by atoms with Gasteiger partial charge in [-0.3, -0.25) is 9.59 Å². The standard InChI is InChI=1S/C26H34N2O5/c1-17(33-22-7-5-4-6-8-22)23(29)27-21-15-13-19(14-16-21)18-9-11-20(12-10-18)24(30)28-26(2,3)25(31)32/h4-7,13-18,20,22H,8-12H2,1-3H3,(H,27,29)(H,28,30)(H,31,32). The highest BCUT2D eigenvalue weighted by Gasteiger charge is 2.34. The van der Waals surface area contributed by atoms with E-state index in [0.29, 0.717) is 5.92 Å². The normalized spacial score (nSPS) is 23.5. The molecule has 0 heterocycles. The number of carboxylic acids is 1. The zero-order valence-electron chi connectivity index (χ0n) is 19.5. The molecule has 33 heavy (non-hydrogen) atoms. The third-order valence-electron chi connectivity index (χ3n) is 6.41. The molecular weight excluding hydrogens is 420 g/mol. The number of nitrogens with one attached hydrogen (secondary N) is 2. The van der Waals surface area contributed by atoms with Crippen LogP contribution in [0.1, 0.15) is 64.4 Å². The lowest BCUT2D eigenvalue weighted by molar-refractivity contribution is -0.146. The van der Waals surface area contributed by atoms with Crippen LogP contribution in [0, 0.1) is 5.92 Å². The summed E-state index contributed by atoms with van der Waals surface area (Å²) in [5.74, 6) is -1.22. The number of anilines is 1. The molecule has 2 amide bonds. The molecule has 2 unspecified atom stereocenters. The Morgan fingerprint density at radius 1 is 1.06 bits per heavy atom. The number of carbonyl (C=O) groups excluding carboxylic acids is 2. The van der Waals surface area contributed by atoms with Crippen LogP contribution in [0.3, 0.4) is 0 Å². The zero-order valence-corrected chi connectivity index (χ0v) is 19.5. The maximum Gasteiger partial charge on any atom is 0.328 e. The molecule has 0 aromatic heterocycles. The van der Waals surface area contributed by atoms with Gasteiger partial charge in [-0.1, -0.05) is 36.4 Å². The zero-order chi connectivity index (χ0) is 24.0. The van der Waals surface area contributed by atoms with Gasteiger partial charge in [0.05, 0.1) is 6.10 Å². The average molecular weight is 455 g/mol. The molecule has 1 aromatic carbocycles. The first kappa shape index (κ1) is 24.7. The molecule has 178 valence electrons. The second-order valence-corrected chi connectivity index (χ2v) is 9.44. The van der Waals surface area contributed by atoms with E-state index in [-0.39, 0.29) is 23.8 Å². The molecule has 2 atom stereocenters. The molecular formula is C26H34N2O5. The molecule has 3 N–H and O–H groups in total. The SMILES string of the molecule is CC(OC1C=CC=CC1)C(=O)Nc1ccc(C2CCC(C(=O)NC(C)(C)C(=O)O)CC2)cc1. The summed E-state index contributed by atoms with van der Waals surface area (Å²) in [6.45, 7) is 4.74. The largest absolute Gasteiger partial charge is 0.480 e. The fourth-order valence-electron chi connectivity index (χ4n) is 4.22. The Hall–Kier alpha value is -2.93. The van der Waals surface area contributed by atoms with Gasteiger partial charge in [0, 0.05) is 11.6 Å². The molecule has 0 spiro atoms. The minimum atomic E-state index is -1.26. The Bertz CT molecular complexity index is 911. The summed E-state index contributed by atoms with van der Waals surface area (Å²) in [6.07, 6.45) is 11.2. The van der Waals surface area contributed by atoms with E-state index in [2.05, 4.69) is 10.6 Å². The maximum atomic E-state index is 12.5. The number of carboxylic acid groups (broad SMARTS) is 1. The fraction of sp³-hybridized carbons (Fsp3) is 0.500. The Morgan fingerprint density at radius 2 is 1.73 bits per heavy atom. The lowest BCUT2D eigenvalue weighted by Crippen LogP contribution is -2.51. The molecule has 7 heteroatoms. The number of hydrogen-bond donors (Lipinski definition) is 3. The number of hydrogen-bond acceptors (Lipinski definition) is 4. The van der Waals surface area contributed by atoms with Gasteiger partial charge in [0.15, 0.2) is 0 Å². The molecule has 1 aromatic rings. The Kier molecular flexibility index (Phi) is 8.08. The molecule has 2 aliphatic carbocycles. The van der Waals surface area contributed by atoms with Gasteiger partial charge in [0.1, 0.15) is 11.6 Å². The van der Waals surface area contributed by atoms with Gasteiger partial charge in [-0.25, -0.2) is 4.79 Å². The number of aliphatic carboxylic acids is 1. The second kappa shape index (κ2) is 10.8. The van der Waals surface area contributed by atoms with Crippen LogP contribution in [0.5, 0.6) is 0 Å². The van der Waals surface area contributed by atoms with Crippen LogP contribution in [0.25, 0.3) is 0 Å². The Labute approximate surface area is 195 Å². The van der Waals surface area contributed by atoms with Crippen LogP contribution in [0.15, 0.2) is 48.6 Å². The molecule has 7 nitrogen and oxygen atoms in total. The van der Waals surface area contributed by atoms with Crippen molar-refractivity contribution in [2.24, 2.45) is 5.92 Å². The van der Waals surface area contributed by atoms with E-state index in [0.717, 1.165) is 37.8 Å². The first-order chi connectivity index (χ1) is 15.7. The molecule has 3 rings (SSSR count). The monoisotopic (exact) mass is 454 g/mol. The lowest BCUT2D eigenvalue weighted by atomic mass is 9.78. The van der Waals surface area contributed by atoms with Gasteiger partial charge in [-0.15, -0.1) is 0 Å². The predicted octanol–water partition coefficient (Wildman–Crippen LogP) is 4.17. The van der Waals surface area contributed by atoms with Gasteiger partial charge in [-0.2, -0.15) is 0 Å². The highest BCUT2D eigenvalue weighted by atomic mass is 16.5. The summed E-state index contributed by atoms with van der Waals surface area (Å²) in [5.41, 5.74) is 0.643. The summed E-state index contributed by atoms with van der Waals surface area (Å²) in [7, 11) is 0. The van der Waals surface area contributed by atoms with Crippen molar-refractivity contribution in [3.8, 4) is 0 Å². The van der Waals surface area contributed by atoms with Crippen LogP contribution < -0.4 is 10.6 Å². The van der Waals surface area contributed by atoms with Crippen molar-refractivity contribution in [1.29, 1.82) is 0 Å². The first-order valence-electron chi connectivity index (χ1n) is 11.6. The van der Waals surface area contributed by atoms with Crippen LogP contribution >= 0.6 is 0 Å². The minimum Gasteiger partial charge on any atom is -0.480 e. The molecule has 1 fully saturated rings. The van der Waals surface area contributed by atoms with Crippen LogP contribution in [0.4, 0.5) is 5.69 Å². The number of carbonyl (C=O) groups is 3. The summed E-state index contributed by atoms with van der Waals surface area (Å²) in [5, 5.41) is 14.8. The highest BCUT2D eigenvalue weighted by molar-refractivity contribution is 5.94. The van der Waals surface area contributed by atoms with Crippen LogP contribution in [0.2, 0.25) is 0 Å². The average Bonchev–Trinajstić information content (AvgIpc) is 2.80. The smallest absolute Gasteiger partial charge is 0.328 e. The summed E-state index contributed by atoms with van der Waals surface area (Å²) in [4.78, 5) is 36.2. The Morgan fingerprint density at radius 3 is 2.30 bits per heavy atom. The number of ether oxygens (including phenoxy) is 1. The van der Waals surface area contributed by atoms with Crippen molar-refractivity contribution >= 4 is 23.5 Å². The van der Waals surface area contributed by atoms with E-state index in [1.165, 1.54) is 19.4 Å². The highest BCUT2D eigenvalue weighted by Crippen LogP contribution is 2.36. The lowest BCUT2D eigenvalue weighted by Gasteiger charge is -2.30. The van der Waals surface area contributed by atoms with E-state index >= 15 is 0 Å². The molecule has 0 radical (unpaired) electrons. The Balaban J connectivity index is 1.47. The number of allylic oxidation sites excluding steroid dienone is 2. The molecule has 0 saturated heterocycles. The predicted molar refractivity (Wildman–Crippen MR) is 127 cm³/mol. The first-order valence-corrected chi connectivity index (χ1v) is 11.6. The van der Waals surface area contributed by atoms with E-state index in [4.69, 9.17) is 4.74 Å². The third kappa shape index (κ3) is 6.78. The summed E-state index contributed by atoms with van der Waals surface area (Å²) < 4.78 is 5.80. The van der Waals surface area contributed by atoms with E-state index in [9.17, 15) is 19.5 Å². The van der Waals surface area contributed by atoms with Crippen LogP contribution in [-0.4, -0.2) is 40.6 Å². The van der Waals surface area contributed by atoms with Crippen molar-refractivity contribution in [2.45, 2.75) is 76.5 Å². The quantitative estimate of drug-likeness (QED) is 0.547. The van der Waals surface area contributed by atoms with Gasteiger partial charge >= 0.3 is 5.97 Å². The van der Waals surface area contributed by atoms with E-state index in [1.807, 2.05) is 48.6 Å². The summed E-state index contributed by atoms with van der Waals surface area (Å²) in [6, 6.07) is 7.84. The van der Waals surface area contributed by atoms with Crippen molar-refractivity contribution in [3.05, 3.63) is 54.1 Å². The number of rotatable bonds is 8. The minimum absolute atomic E-state index is 0.0782. The number of benzene rings is 1. The van der Waals surface area contributed by atoms with Crippen molar-refractivity contribution < 1.29 is 24.2 Å². The maximum absolute atomic E-state index is 12.5. The van der Waals surface area contributed by atoms with Crippen LogP contribution in [-0.2, 0) is 19.1 Å². The van der Waals surface area contributed by atoms with Gasteiger partial charge < -0.3 is 20.5 Å². The fourth-order valence-corrected chi connectivity index (χ4v) is 4.22. The molecule has 1 saturated carbocycles. The van der Waals surface area contributed by atoms with E-state index < -0.39 is 17.6 Å². The second-order valence-electron chi connectivity index (χ2n) is 9.44. The summed E-state index contributed by atoms with van der Waals surface area (Å²) >= 11 is 0. The molecule has 0 aliphatic heterocycles.